The highest BCUT2D eigenvalue weighted by molar-refractivity contribution is 6.31. The SMILES string of the molecule is CN1CCN(C2=Nc3cc(Cl)ccc3Oc3ccccc32)C[C@@H]1CC(=O)NCC(F)(F)C(F)(F)F. The maximum absolute atomic E-state index is 13.2. The molecule has 1 saturated heterocycles. The minimum atomic E-state index is -5.73. The van der Waals surface area contributed by atoms with E-state index in [1.807, 2.05) is 28.0 Å². The highest BCUT2D eigenvalue weighted by Crippen LogP contribution is 2.40. The molecule has 2 aromatic carbocycles. The Balaban J connectivity index is 1.54. The van der Waals surface area contributed by atoms with Crippen LogP contribution in [0.1, 0.15) is 12.0 Å². The van der Waals surface area contributed by atoms with Crippen molar-refractivity contribution in [2.75, 3.05) is 33.2 Å². The fourth-order valence-corrected chi connectivity index (χ4v) is 4.06. The maximum Gasteiger partial charge on any atom is 0.455 e. The van der Waals surface area contributed by atoms with E-state index in [0.717, 1.165) is 5.56 Å². The molecule has 0 bridgehead atoms. The van der Waals surface area contributed by atoms with E-state index >= 15 is 0 Å². The molecule has 1 fully saturated rings. The van der Waals surface area contributed by atoms with Gasteiger partial charge in [0, 0.05) is 37.1 Å². The second-order valence-electron chi connectivity index (χ2n) is 8.41. The molecular formula is C23H22ClF5N4O2. The van der Waals surface area contributed by atoms with Gasteiger partial charge in [0.05, 0.1) is 12.1 Å². The smallest absolute Gasteiger partial charge is 0.454 e. The Labute approximate surface area is 203 Å². The molecule has 188 valence electrons. The Kier molecular flexibility index (Phi) is 6.92. The summed E-state index contributed by atoms with van der Waals surface area (Å²) in [6.45, 7) is -0.446. The lowest BCUT2D eigenvalue weighted by molar-refractivity contribution is -0.278. The number of halogens is 6. The molecule has 0 saturated carbocycles. The number of hydrogen-bond acceptors (Lipinski definition) is 5. The lowest BCUT2D eigenvalue weighted by atomic mass is 10.1. The van der Waals surface area contributed by atoms with Crippen molar-refractivity contribution in [2.45, 2.75) is 24.6 Å². The number of piperazine rings is 1. The topological polar surface area (TPSA) is 57.2 Å². The molecule has 2 aromatic rings. The number of alkyl halides is 5. The molecule has 0 aliphatic carbocycles. The predicted molar refractivity (Wildman–Crippen MR) is 121 cm³/mol. The van der Waals surface area contributed by atoms with E-state index in [-0.39, 0.29) is 6.42 Å². The summed E-state index contributed by atoms with van der Waals surface area (Å²) in [6, 6.07) is 11.9. The van der Waals surface area contributed by atoms with Crippen LogP contribution in [0.2, 0.25) is 5.02 Å². The normalized spacial score (nSPS) is 18.7. The van der Waals surface area contributed by atoms with Crippen LogP contribution in [0.25, 0.3) is 0 Å². The van der Waals surface area contributed by atoms with E-state index in [9.17, 15) is 26.7 Å². The maximum atomic E-state index is 13.2. The summed E-state index contributed by atoms with van der Waals surface area (Å²) in [4.78, 5) is 20.8. The number of likely N-dealkylation sites (N-methyl/N-ethyl adjacent to an activating group) is 1. The zero-order valence-corrected chi connectivity index (χ0v) is 19.3. The van der Waals surface area contributed by atoms with E-state index in [4.69, 9.17) is 21.3 Å². The number of fused-ring (bicyclic) bond motifs is 2. The number of hydrogen-bond donors (Lipinski definition) is 1. The molecule has 1 atom stereocenters. The largest absolute Gasteiger partial charge is 0.455 e. The van der Waals surface area contributed by atoms with Gasteiger partial charge in [0.25, 0.3) is 0 Å². The molecule has 6 nitrogen and oxygen atoms in total. The minimum absolute atomic E-state index is 0.255. The first-order valence-corrected chi connectivity index (χ1v) is 11.1. The number of carbonyl (C=O) groups is 1. The number of amidine groups is 1. The second-order valence-corrected chi connectivity index (χ2v) is 8.85. The molecule has 2 aliphatic rings. The molecule has 0 aromatic heterocycles. The van der Waals surface area contributed by atoms with Gasteiger partial charge in [-0.25, -0.2) is 4.99 Å². The van der Waals surface area contributed by atoms with E-state index < -0.39 is 30.6 Å². The van der Waals surface area contributed by atoms with Crippen LogP contribution >= 0.6 is 11.6 Å². The predicted octanol–water partition coefficient (Wildman–Crippen LogP) is 4.84. The van der Waals surface area contributed by atoms with Gasteiger partial charge in [-0.3, -0.25) is 9.69 Å². The van der Waals surface area contributed by atoms with Crippen LogP contribution in [0.3, 0.4) is 0 Å². The first-order chi connectivity index (χ1) is 16.4. The Bertz CT molecular complexity index is 1140. The average Bonchev–Trinajstić information content (AvgIpc) is 2.95. The number of amides is 1. The van der Waals surface area contributed by atoms with E-state index in [1.165, 1.54) is 0 Å². The first kappa shape index (κ1) is 25.2. The van der Waals surface area contributed by atoms with Crippen molar-refractivity contribution in [3.05, 3.63) is 53.1 Å². The zero-order chi connectivity index (χ0) is 25.4. The minimum Gasteiger partial charge on any atom is -0.454 e. The molecule has 0 radical (unpaired) electrons. The summed E-state index contributed by atoms with van der Waals surface area (Å²) in [5.41, 5.74) is 1.24. The van der Waals surface area contributed by atoms with Gasteiger partial charge in [0.15, 0.2) is 5.75 Å². The zero-order valence-electron chi connectivity index (χ0n) is 18.6. The van der Waals surface area contributed by atoms with Gasteiger partial charge >= 0.3 is 12.1 Å². The number of para-hydroxylation sites is 1. The molecule has 4 rings (SSSR count). The highest BCUT2D eigenvalue weighted by atomic mass is 35.5. The van der Waals surface area contributed by atoms with Gasteiger partial charge in [-0.2, -0.15) is 22.0 Å². The molecule has 35 heavy (non-hydrogen) atoms. The van der Waals surface area contributed by atoms with E-state index in [0.29, 0.717) is 47.7 Å². The third-order valence-electron chi connectivity index (χ3n) is 5.92. The van der Waals surface area contributed by atoms with Crippen LogP contribution in [-0.2, 0) is 4.79 Å². The number of nitrogens with one attached hydrogen (secondary N) is 1. The Morgan fingerprint density at radius 2 is 1.89 bits per heavy atom. The quantitative estimate of drug-likeness (QED) is 0.591. The summed E-state index contributed by atoms with van der Waals surface area (Å²) in [7, 11) is 1.76. The standard InChI is InChI=1S/C23H22ClF5N4O2/c1-32-8-9-33(12-15(32)11-20(34)30-13-22(25,26)23(27,28)29)21-16-4-2-3-5-18(16)35-19-7-6-14(24)10-17(19)31-21/h2-7,10,15H,8-9,11-13H2,1H3,(H,30,34)/t15-/m0/s1. The molecular weight excluding hydrogens is 495 g/mol. The summed E-state index contributed by atoms with van der Waals surface area (Å²) in [5, 5.41) is 2.19. The summed E-state index contributed by atoms with van der Waals surface area (Å²) in [6.07, 6.45) is -5.99. The second kappa shape index (κ2) is 9.62. The molecule has 0 spiro atoms. The summed E-state index contributed by atoms with van der Waals surface area (Å²) < 4.78 is 69.6. The fourth-order valence-electron chi connectivity index (χ4n) is 3.89. The number of carbonyl (C=O) groups excluding carboxylic acids is 1. The van der Waals surface area contributed by atoms with Crippen molar-refractivity contribution in [1.29, 1.82) is 0 Å². The van der Waals surface area contributed by atoms with Crippen LogP contribution in [0.4, 0.5) is 27.6 Å². The van der Waals surface area contributed by atoms with Crippen molar-refractivity contribution >= 4 is 29.0 Å². The van der Waals surface area contributed by atoms with Crippen LogP contribution in [-0.4, -0.2) is 72.9 Å². The van der Waals surface area contributed by atoms with Crippen molar-refractivity contribution in [3.63, 3.8) is 0 Å². The first-order valence-electron chi connectivity index (χ1n) is 10.8. The van der Waals surface area contributed by atoms with Crippen LogP contribution < -0.4 is 10.1 Å². The molecule has 0 unspecified atom stereocenters. The van der Waals surface area contributed by atoms with Gasteiger partial charge in [0.2, 0.25) is 5.91 Å². The van der Waals surface area contributed by atoms with Crippen molar-refractivity contribution < 1.29 is 31.5 Å². The number of nitrogens with zero attached hydrogens (tertiary/aromatic N) is 3. The molecule has 1 N–H and O–H groups in total. The molecule has 1 amide bonds. The van der Waals surface area contributed by atoms with E-state index in [1.54, 1.807) is 36.6 Å². The number of aliphatic imine (C=N–C) groups is 1. The van der Waals surface area contributed by atoms with Gasteiger partial charge in [-0.15, -0.1) is 0 Å². The van der Waals surface area contributed by atoms with Crippen LogP contribution in [0, 0.1) is 0 Å². The third-order valence-corrected chi connectivity index (χ3v) is 6.15. The summed E-state index contributed by atoms with van der Waals surface area (Å²) in [5.74, 6) is -4.21. The Morgan fingerprint density at radius 3 is 2.63 bits per heavy atom. The van der Waals surface area contributed by atoms with Gasteiger partial charge < -0.3 is 15.0 Å². The van der Waals surface area contributed by atoms with Gasteiger partial charge in [0.1, 0.15) is 17.3 Å². The van der Waals surface area contributed by atoms with Gasteiger partial charge in [-0.1, -0.05) is 23.7 Å². The average molecular weight is 517 g/mol. The Hall–Kier alpha value is -2.92. The monoisotopic (exact) mass is 516 g/mol. The molecule has 2 heterocycles. The third kappa shape index (κ3) is 5.51. The van der Waals surface area contributed by atoms with Crippen molar-refractivity contribution in [2.24, 2.45) is 4.99 Å². The molecule has 12 heteroatoms. The number of rotatable bonds is 4. The molecule has 2 aliphatic heterocycles. The van der Waals surface area contributed by atoms with E-state index in [2.05, 4.69) is 0 Å². The fraction of sp³-hybridized carbons (Fsp3) is 0.391. The summed E-state index contributed by atoms with van der Waals surface area (Å²) >= 11 is 6.15. The Morgan fingerprint density at radius 1 is 1.14 bits per heavy atom. The van der Waals surface area contributed by atoms with Crippen molar-refractivity contribution in [3.8, 4) is 11.5 Å². The van der Waals surface area contributed by atoms with Crippen LogP contribution in [0.15, 0.2) is 47.5 Å². The highest BCUT2D eigenvalue weighted by Gasteiger charge is 2.57. The van der Waals surface area contributed by atoms with Gasteiger partial charge in [-0.05, 0) is 37.4 Å². The van der Waals surface area contributed by atoms with Crippen LogP contribution in [0.5, 0.6) is 11.5 Å². The lowest BCUT2D eigenvalue weighted by Gasteiger charge is -2.40. The number of benzene rings is 2. The number of ether oxygens (including phenoxy) is 1. The lowest BCUT2D eigenvalue weighted by Crippen LogP contribution is -2.55. The van der Waals surface area contributed by atoms with Crippen molar-refractivity contribution in [1.82, 2.24) is 15.1 Å².